The number of carbonyl (C=O) groups is 1. The lowest BCUT2D eigenvalue weighted by Crippen LogP contribution is -2.44. The minimum atomic E-state index is -4.01. The van der Waals surface area contributed by atoms with Crippen LogP contribution in [0.1, 0.15) is 11.1 Å². The van der Waals surface area contributed by atoms with Crippen molar-refractivity contribution in [2.75, 3.05) is 26.8 Å². The Morgan fingerprint density at radius 3 is 2.34 bits per heavy atom. The Morgan fingerprint density at radius 1 is 0.947 bits per heavy atom. The summed E-state index contributed by atoms with van der Waals surface area (Å²) in [6.45, 7) is -0.573. The topological polar surface area (TPSA) is 97.1 Å². The highest BCUT2D eigenvalue weighted by molar-refractivity contribution is 7.89. The molecule has 0 aliphatic rings. The second-order valence-electron chi connectivity index (χ2n) is 8.61. The van der Waals surface area contributed by atoms with Crippen LogP contribution in [0.3, 0.4) is 0 Å². The zero-order valence-corrected chi connectivity index (χ0v) is 21.6. The molecule has 0 saturated heterocycles. The summed E-state index contributed by atoms with van der Waals surface area (Å²) in [4.78, 5) is 28.1. The lowest BCUT2D eigenvalue weighted by Gasteiger charge is -2.27. The smallest absolute Gasteiger partial charge is 0.243 e. The predicted molar refractivity (Wildman–Crippen MR) is 140 cm³/mol. The number of halogens is 1. The number of hydrogen-bond donors (Lipinski definition) is 0. The van der Waals surface area contributed by atoms with E-state index < -0.39 is 28.3 Å². The molecule has 8 nitrogen and oxygen atoms in total. The minimum absolute atomic E-state index is 0.0227. The first-order chi connectivity index (χ1) is 18.3. The van der Waals surface area contributed by atoms with Gasteiger partial charge < -0.3 is 14.1 Å². The van der Waals surface area contributed by atoms with E-state index in [1.165, 1.54) is 54.7 Å². The highest BCUT2D eigenvalue weighted by Gasteiger charge is 2.29. The van der Waals surface area contributed by atoms with Crippen molar-refractivity contribution in [2.24, 2.45) is 0 Å². The maximum absolute atomic E-state index is 13.6. The molecule has 0 atom stereocenters. The molecule has 10 heteroatoms. The van der Waals surface area contributed by atoms with E-state index in [0.717, 1.165) is 4.31 Å². The molecule has 0 unspecified atom stereocenters. The number of sulfonamides is 1. The molecule has 4 aromatic rings. The van der Waals surface area contributed by atoms with Crippen molar-refractivity contribution in [3.05, 3.63) is 112 Å². The van der Waals surface area contributed by atoms with Crippen molar-refractivity contribution in [1.82, 2.24) is 9.21 Å². The van der Waals surface area contributed by atoms with Gasteiger partial charge in [-0.2, -0.15) is 4.31 Å². The van der Waals surface area contributed by atoms with Gasteiger partial charge in [0.15, 0.2) is 5.43 Å². The minimum Gasteiger partial charge on any atom is -0.464 e. The molecular formula is C28H27FN2O6S. The van der Waals surface area contributed by atoms with Crippen molar-refractivity contribution in [3.63, 3.8) is 0 Å². The maximum Gasteiger partial charge on any atom is 0.243 e. The molecule has 0 bridgehead atoms. The number of amides is 1. The quantitative estimate of drug-likeness (QED) is 0.288. The van der Waals surface area contributed by atoms with Crippen LogP contribution in [0, 0.1) is 5.82 Å². The predicted octanol–water partition coefficient (Wildman–Crippen LogP) is 3.80. The summed E-state index contributed by atoms with van der Waals surface area (Å²) < 4.78 is 51.9. The third-order valence-corrected chi connectivity index (χ3v) is 7.85. The number of benzene rings is 3. The number of nitrogens with zero attached hydrogens (tertiary/aromatic N) is 2. The van der Waals surface area contributed by atoms with Crippen molar-refractivity contribution >= 4 is 26.9 Å². The van der Waals surface area contributed by atoms with Crippen molar-refractivity contribution in [3.8, 4) is 0 Å². The number of fused-ring (bicyclic) bond motifs is 1. The molecule has 1 aromatic heterocycles. The van der Waals surface area contributed by atoms with Gasteiger partial charge in [-0.25, -0.2) is 12.8 Å². The third-order valence-electron chi connectivity index (χ3n) is 5.99. The number of methoxy groups -OCH3 is 1. The van der Waals surface area contributed by atoms with Crippen LogP contribution < -0.4 is 5.43 Å². The Hall–Kier alpha value is -3.86. The van der Waals surface area contributed by atoms with E-state index in [1.807, 2.05) is 0 Å². The number of rotatable bonds is 11. The summed E-state index contributed by atoms with van der Waals surface area (Å²) in [5.74, 6) is -0.973. The molecule has 3 aromatic carbocycles. The molecule has 1 heterocycles. The van der Waals surface area contributed by atoms with Crippen LogP contribution in [0.25, 0.3) is 11.0 Å². The fourth-order valence-corrected chi connectivity index (χ4v) is 5.34. The molecule has 198 valence electrons. The van der Waals surface area contributed by atoms with Crippen molar-refractivity contribution in [2.45, 2.75) is 18.0 Å². The SMILES string of the molecule is COCCN(CC(=O)N(Cc1ccc(F)cc1)Cc1coc2ccccc2c1=O)S(=O)(=O)c1ccccc1. The molecule has 0 saturated carbocycles. The van der Waals surface area contributed by atoms with Gasteiger partial charge in [-0.15, -0.1) is 0 Å². The average molecular weight is 539 g/mol. The highest BCUT2D eigenvalue weighted by atomic mass is 32.2. The second kappa shape index (κ2) is 12.1. The average Bonchev–Trinajstić information content (AvgIpc) is 2.93. The van der Waals surface area contributed by atoms with Gasteiger partial charge in [0, 0.05) is 20.2 Å². The van der Waals surface area contributed by atoms with E-state index in [9.17, 15) is 22.4 Å². The molecular weight excluding hydrogens is 511 g/mol. The normalized spacial score (nSPS) is 11.7. The van der Waals surface area contributed by atoms with Crippen LogP contribution in [0.2, 0.25) is 0 Å². The van der Waals surface area contributed by atoms with Gasteiger partial charge in [-0.05, 0) is 42.0 Å². The molecule has 0 aliphatic heterocycles. The van der Waals surface area contributed by atoms with E-state index in [-0.39, 0.29) is 42.1 Å². The van der Waals surface area contributed by atoms with Crippen molar-refractivity contribution < 1.29 is 26.8 Å². The number of ether oxygens (including phenoxy) is 1. The van der Waals surface area contributed by atoms with E-state index in [1.54, 1.807) is 42.5 Å². The van der Waals surface area contributed by atoms with Gasteiger partial charge in [-0.1, -0.05) is 42.5 Å². The Bertz CT molecular complexity index is 1560. The summed E-state index contributed by atoms with van der Waals surface area (Å²) in [5, 5.41) is 0.368. The van der Waals surface area contributed by atoms with Crippen LogP contribution in [0.15, 0.2) is 99.2 Å². The van der Waals surface area contributed by atoms with Gasteiger partial charge in [0.2, 0.25) is 15.9 Å². The zero-order chi connectivity index (χ0) is 27.1. The van der Waals surface area contributed by atoms with E-state index in [0.29, 0.717) is 16.5 Å². The van der Waals surface area contributed by atoms with Crippen molar-refractivity contribution in [1.29, 1.82) is 0 Å². The third kappa shape index (κ3) is 6.34. The van der Waals surface area contributed by atoms with Crippen LogP contribution in [0.5, 0.6) is 0 Å². The molecule has 4 rings (SSSR count). The number of hydrogen-bond acceptors (Lipinski definition) is 6. The molecule has 1 amide bonds. The van der Waals surface area contributed by atoms with Crippen LogP contribution >= 0.6 is 0 Å². The van der Waals surface area contributed by atoms with Gasteiger partial charge >= 0.3 is 0 Å². The lowest BCUT2D eigenvalue weighted by molar-refractivity contribution is -0.132. The first-order valence-corrected chi connectivity index (χ1v) is 13.3. The molecule has 0 N–H and O–H groups in total. The standard InChI is InChI=1S/C28H27FN2O6S/c1-36-16-15-31(38(34,35)24-7-3-2-4-8-24)19-27(32)30(17-21-11-13-23(29)14-12-21)18-22-20-37-26-10-6-5-9-25(26)28(22)33/h2-14,20H,15-19H2,1H3. The Balaban J connectivity index is 1.66. The van der Waals surface area contributed by atoms with E-state index in [4.69, 9.17) is 9.15 Å². The molecule has 0 radical (unpaired) electrons. The Morgan fingerprint density at radius 2 is 1.63 bits per heavy atom. The number of carbonyl (C=O) groups excluding carboxylic acids is 1. The molecule has 38 heavy (non-hydrogen) atoms. The van der Waals surface area contributed by atoms with Gasteiger partial charge in [-0.3, -0.25) is 9.59 Å². The fraction of sp³-hybridized carbons (Fsp3) is 0.214. The Labute approximate surface area is 219 Å². The summed E-state index contributed by atoms with van der Waals surface area (Å²) in [6, 6.07) is 20.2. The summed E-state index contributed by atoms with van der Waals surface area (Å²) in [7, 11) is -2.57. The molecule has 0 aliphatic carbocycles. The van der Waals surface area contributed by atoms with Crippen LogP contribution in [-0.2, 0) is 32.6 Å². The monoisotopic (exact) mass is 538 g/mol. The zero-order valence-electron chi connectivity index (χ0n) is 20.7. The van der Waals surface area contributed by atoms with Crippen LogP contribution in [-0.4, -0.2) is 50.3 Å². The lowest BCUT2D eigenvalue weighted by atomic mass is 10.1. The molecule has 0 spiro atoms. The maximum atomic E-state index is 13.6. The summed E-state index contributed by atoms with van der Waals surface area (Å²) in [5.41, 5.74) is 0.960. The van der Waals surface area contributed by atoms with E-state index in [2.05, 4.69) is 0 Å². The van der Waals surface area contributed by atoms with Crippen LogP contribution in [0.4, 0.5) is 4.39 Å². The van der Waals surface area contributed by atoms with Gasteiger partial charge in [0.25, 0.3) is 0 Å². The Kier molecular flexibility index (Phi) is 8.67. The fourth-order valence-electron chi connectivity index (χ4n) is 3.94. The first kappa shape index (κ1) is 27.2. The highest BCUT2D eigenvalue weighted by Crippen LogP contribution is 2.18. The molecule has 0 fully saturated rings. The van der Waals surface area contributed by atoms with E-state index >= 15 is 0 Å². The number of para-hydroxylation sites is 1. The second-order valence-corrected chi connectivity index (χ2v) is 10.5. The largest absolute Gasteiger partial charge is 0.464 e. The van der Waals surface area contributed by atoms with Gasteiger partial charge in [0.1, 0.15) is 11.4 Å². The van der Waals surface area contributed by atoms with Gasteiger partial charge in [0.05, 0.1) is 41.8 Å². The summed E-state index contributed by atoms with van der Waals surface area (Å²) in [6.07, 6.45) is 1.30. The first-order valence-electron chi connectivity index (χ1n) is 11.9. The summed E-state index contributed by atoms with van der Waals surface area (Å²) >= 11 is 0.